The van der Waals surface area contributed by atoms with Crippen LogP contribution in [0, 0.1) is 0 Å². The van der Waals surface area contributed by atoms with Gasteiger partial charge in [-0.1, -0.05) is 31.4 Å². The zero-order valence-electron chi connectivity index (χ0n) is 10.5. The van der Waals surface area contributed by atoms with Crippen LogP contribution in [0.2, 0.25) is 5.02 Å². The van der Waals surface area contributed by atoms with Gasteiger partial charge in [-0.05, 0) is 37.5 Å². The fourth-order valence-corrected chi connectivity index (χ4v) is 2.89. The van der Waals surface area contributed by atoms with Crippen molar-refractivity contribution in [2.24, 2.45) is 0 Å². The van der Waals surface area contributed by atoms with Crippen LogP contribution in [0.25, 0.3) is 0 Å². The maximum Gasteiger partial charge on any atom is 0.0603 e. The van der Waals surface area contributed by atoms with Crippen molar-refractivity contribution < 1.29 is 0 Å². The Kier molecular flexibility index (Phi) is 4.16. The van der Waals surface area contributed by atoms with Crippen LogP contribution in [-0.4, -0.2) is 12.6 Å². The van der Waals surface area contributed by atoms with Gasteiger partial charge in [0.15, 0.2) is 0 Å². The smallest absolute Gasteiger partial charge is 0.0603 e. The van der Waals surface area contributed by atoms with Gasteiger partial charge in [0.05, 0.1) is 11.4 Å². The summed E-state index contributed by atoms with van der Waals surface area (Å²) in [6.07, 6.45) is 6.39. The predicted octanol–water partition coefficient (Wildman–Crippen LogP) is 4.08. The molecular weight excluding hydrogens is 232 g/mol. The van der Waals surface area contributed by atoms with Crippen LogP contribution in [0.15, 0.2) is 18.2 Å². The van der Waals surface area contributed by atoms with E-state index in [1.807, 2.05) is 12.1 Å². The van der Waals surface area contributed by atoms with Crippen molar-refractivity contribution in [2.45, 2.75) is 45.1 Å². The molecule has 0 bridgehead atoms. The van der Waals surface area contributed by atoms with E-state index in [1.165, 1.54) is 32.1 Å². The zero-order valence-corrected chi connectivity index (χ0v) is 11.2. The van der Waals surface area contributed by atoms with E-state index in [0.29, 0.717) is 11.1 Å². The van der Waals surface area contributed by atoms with Crippen molar-refractivity contribution >= 4 is 23.0 Å². The summed E-state index contributed by atoms with van der Waals surface area (Å²) >= 11 is 5.96. The van der Waals surface area contributed by atoms with Crippen molar-refractivity contribution in [1.82, 2.24) is 0 Å². The molecule has 3 heteroatoms. The minimum absolute atomic E-state index is 0.626. The van der Waals surface area contributed by atoms with Crippen molar-refractivity contribution in [1.29, 1.82) is 0 Å². The van der Waals surface area contributed by atoms with Gasteiger partial charge < -0.3 is 10.6 Å². The molecule has 0 amide bonds. The Labute approximate surface area is 109 Å². The molecule has 1 unspecified atom stereocenters. The molecule has 2 N–H and O–H groups in total. The molecule has 1 aromatic carbocycles. The van der Waals surface area contributed by atoms with Crippen LogP contribution < -0.4 is 10.6 Å². The van der Waals surface area contributed by atoms with E-state index in [2.05, 4.69) is 17.9 Å². The second-order valence-electron chi connectivity index (χ2n) is 4.81. The molecule has 0 radical (unpaired) electrons. The minimum atomic E-state index is 0.626. The van der Waals surface area contributed by atoms with Crippen LogP contribution in [0.5, 0.6) is 0 Å². The van der Waals surface area contributed by atoms with Gasteiger partial charge in [0.1, 0.15) is 0 Å². The highest BCUT2D eigenvalue weighted by Gasteiger charge is 2.21. The molecule has 1 aromatic rings. The average molecular weight is 253 g/mol. The molecule has 1 aliphatic rings. The minimum Gasteiger partial charge on any atom is -0.397 e. The van der Waals surface area contributed by atoms with Crippen LogP contribution in [0.4, 0.5) is 11.4 Å². The van der Waals surface area contributed by atoms with Crippen molar-refractivity contribution in [2.75, 3.05) is 17.2 Å². The van der Waals surface area contributed by atoms with E-state index in [4.69, 9.17) is 17.3 Å². The van der Waals surface area contributed by atoms with Crippen LogP contribution in [-0.2, 0) is 0 Å². The van der Waals surface area contributed by atoms with Gasteiger partial charge in [-0.2, -0.15) is 0 Å². The van der Waals surface area contributed by atoms with Crippen LogP contribution in [0.1, 0.15) is 39.0 Å². The SMILES string of the molecule is CCC1CCCCCN1c1ccc(Cl)cc1N. The lowest BCUT2D eigenvalue weighted by molar-refractivity contribution is 0.557. The summed E-state index contributed by atoms with van der Waals surface area (Å²) in [7, 11) is 0. The molecule has 1 fully saturated rings. The third kappa shape index (κ3) is 2.86. The Morgan fingerprint density at radius 1 is 1.35 bits per heavy atom. The van der Waals surface area contributed by atoms with Crippen molar-refractivity contribution in [3.8, 4) is 0 Å². The quantitative estimate of drug-likeness (QED) is 0.804. The highest BCUT2D eigenvalue weighted by atomic mass is 35.5. The molecule has 1 saturated heterocycles. The molecule has 2 rings (SSSR count). The first-order chi connectivity index (χ1) is 8.22. The standard InChI is InChI=1S/C14H21ClN2/c1-2-12-6-4-3-5-9-17(12)14-8-7-11(15)10-13(14)16/h7-8,10,12H,2-6,9,16H2,1H3. The maximum absolute atomic E-state index is 6.09. The number of anilines is 2. The van der Waals surface area contributed by atoms with Gasteiger partial charge in [0.25, 0.3) is 0 Å². The number of rotatable bonds is 2. The Balaban J connectivity index is 2.28. The molecule has 1 aliphatic heterocycles. The molecule has 94 valence electrons. The fraction of sp³-hybridized carbons (Fsp3) is 0.571. The summed E-state index contributed by atoms with van der Waals surface area (Å²) in [4.78, 5) is 2.47. The summed E-state index contributed by atoms with van der Waals surface area (Å²) in [6, 6.07) is 6.48. The molecule has 0 spiro atoms. The molecule has 1 heterocycles. The second kappa shape index (κ2) is 5.63. The Morgan fingerprint density at radius 3 is 2.88 bits per heavy atom. The number of benzene rings is 1. The largest absolute Gasteiger partial charge is 0.397 e. The number of hydrogen-bond acceptors (Lipinski definition) is 2. The van der Waals surface area contributed by atoms with E-state index < -0.39 is 0 Å². The lowest BCUT2D eigenvalue weighted by atomic mass is 10.1. The monoisotopic (exact) mass is 252 g/mol. The van der Waals surface area contributed by atoms with Gasteiger partial charge in [-0.15, -0.1) is 0 Å². The summed E-state index contributed by atoms with van der Waals surface area (Å²) in [5.41, 5.74) is 8.05. The average Bonchev–Trinajstić information content (AvgIpc) is 2.54. The second-order valence-corrected chi connectivity index (χ2v) is 5.24. The van der Waals surface area contributed by atoms with Gasteiger partial charge in [-0.25, -0.2) is 0 Å². The summed E-state index contributed by atoms with van der Waals surface area (Å²) in [5, 5.41) is 0.717. The highest BCUT2D eigenvalue weighted by molar-refractivity contribution is 6.31. The molecule has 17 heavy (non-hydrogen) atoms. The molecule has 1 atom stereocenters. The first-order valence-corrected chi connectivity index (χ1v) is 6.92. The van der Waals surface area contributed by atoms with Gasteiger partial charge in [0.2, 0.25) is 0 Å². The number of nitrogen functional groups attached to an aromatic ring is 1. The van der Waals surface area contributed by atoms with E-state index in [-0.39, 0.29) is 0 Å². The van der Waals surface area contributed by atoms with Gasteiger partial charge in [-0.3, -0.25) is 0 Å². The van der Waals surface area contributed by atoms with Crippen molar-refractivity contribution in [3.63, 3.8) is 0 Å². The lowest BCUT2D eigenvalue weighted by Gasteiger charge is -2.32. The van der Waals surface area contributed by atoms with Gasteiger partial charge in [0, 0.05) is 17.6 Å². The maximum atomic E-state index is 6.09. The summed E-state index contributed by atoms with van der Waals surface area (Å²) < 4.78 is 0. The fourth-order valence-electron chi connectivity index (χ4n) is 2.71. The highest BCUT2D eigenvalue weighted by Crippen LogP contribution is 2.31. The van der Waals surface area contributed by atoms with E-state index >= 15 is 0 Å². The Hall–Kier alpha value is -0.890. The predicted molar refractivity (Wildman–Crippen MR) is 75.8 cm³/mol. The third-order valence-electron chi connectivity index (χ3n) is 3.65. The molecular formula is C14H21ClN2. The van der Waals surface area contributed by atoms with Gasteiger partial charge >= 0.3 is 0 Å². The Bertz CT molecular complexity index is 378. The number of nitrogens with zero attached hydrogens (tertiary/aromatic N) is 1. The van der Waals surface area contributed by atoms with E-state index in [0.717, 1.165) is 17.9 Å². The van der Waals surface area contributed by atoms with Crippen molar-refractivity contribution in [3.05, 3.63) is 23.2 Å². The number of nitrogens with two attached hydrogens (primary N) is 1. The summed E-state index contributed by atoms with van der Waals surface area (Å²) in [5.74, 6) is 0. The first-order valence-electron chi connectivity index (χ1n) is 6.54. The molecule has 0 saturated carbocycles. The van der Waals surface area contributed by atoms with E-state index in [1.54, 1.807) is 0 Å². The molecule has 0 aromatic heterocycles. The summed E-state index contributed by atoms with van der Waals surface area (Å²) in [6.45, 7) is 3.37. The van der Waals surface area contributed by atoms with Crippen LogP contribution in [0.3, 0.4) is 0 Å². The Morgan fingerprint density at radius 2 is 2.18 bits per heavy atom. The number of halogens is 1. The van der Waals surface area contributed by atoms with Crippen LogP contribution >= 0.6 is 11.6 Å². The number of hydrogen-bond donors (Lipinski definition) is 1. The molecule has 0 aliphatic carbocycles. The molecule has 2 nitrogen and oxygen atoms in total. The zero-order chi connectivity index (χ0) is 12.3. The van der Waals surface area contributed by atoms with E-state index in [9.17, 15) is 0 Å². The third-order valence-corrected chi connectivity index (χ3v) is 3.88. The topological polar surface area (TPSA) is 29.3 Å². The first kappa shape index (κ1) is 12.6. The lowest BCUT2D eigenvalue weighted by Crippen LogP contribution is -2.34. The normalized spacial score (nSPS) is 21.3.